The lowest BCUT2D eigenvalue weighted by Gasteiger charge is -2.05. The van der Waals surface area contributed by atoms with E-state index in [0.717, 1.165) is 0 Å². The molecule has 29 heavy (non-hydrogen) atoms. The van der Waals surface area contributed by atoms with E-state index in [-0.39, 0.29) is 5.56 Å². The van der Waals surface area contributed by atoms with Crippen molar-refractivity contribution in [2.24, 2.45) is 0 Å². The minimum absolute atomic E-state index is 0.125. The maximum absolute atomic E-state index is 11.6. The van der Waals surface area contributed by atoms with Gasteiger partial charge in [0.15, 0.2) is 0 Å². The molecule has 0 spiro atoms. The molecule has 0 amide bonds. The second kappa shape index (κ2) is 7.91. The number of benzene rings is 2. The summed E-state index contributed by atoms with van der Waals surface area (Å²) < 4.78 is 5.82. The molecule has 0 aliphatic rings. The van der Waals surface area contributed by atoms with E-state index in [1.165, 1.54) is 6.07 Å². The number of nitrogens with zero attached hydrogens (tertiary/aromatic N) is 1. The first-order valence-electron chi connectivity index (χ1n) is 8.48. The van der Waals surface area contributed by atoms with Gasteiger partial charge in [-0.1, -0.05) is 40.9 Å². The minimum atomic E-state index is -1.05. The molecule has 7 heteroatoms. The fourth-order valence-corrected chi connectivity index (χ4v) is 3.71. The van der Waals surface area contributed by atoms with Crippen LogP contribution in [0.15, 0.2) is 59.0 Å². The number of rotatable bonds is 4. The van der Waals surface area contributed by atoms with Crippen molar-refractivity contribution in [2.75, 3.05) is 0 Å². The van der Waals surface area contributed by atoms with Gasteiger partial charge in [-0.15, -0.1) is 0 Å². The summed E-state index contributed by atoms with van der Waals surface area (Å²) in [4.78, 5) is 16.1. The van der Waals surface area contributed by atoms with E-state index < -0.39 is 5.97 Å². The Morgan fingerprint density at radius 1 is 0.966 bits per heavy atom. The Hall–Kier alpha value is -2.79. The first kappa shape index (κ1) is 19.5. The van der Waals surface area contributed by atoms with Crippen molar-refractivity contribution < 1.29 is 14.3 Å². The summed E-state index contributed by atoms with van der Waals surface area (Å²) in [5, 5.41) is 11.4. The van der Waals surface area contributed by atoms with Gasteiger partial charge in [-0.05, 0) is 60.7 Å². The van der Waals surface area contributed by atoms with Crippen LogP contribution in [0.25, 0.3) is 34.4 Å². The van der Waals surface area contributed by atoms with E-state index >= 15 is 0 Å². The monoisotopic (exact) mass is 443 g/mol. The Morgan fingerprint density at radius 3 is 2.45 bits per heavy atom. The van der Waals surface area contributed by atoms with Crippen LogP contribution in [-0.4, -0.2) is 16.1 Å². The first-order chi connectivity index (χ1) is 13.9. The lowest BCUT2D eigenvalue weighted by atomic mass is 10.1. The van der Waals surface area contributed by atoms with Crippen molar-refractivity contribution >= 4 is 63.8 Å². The van der Waals surface area contributed by atoms with Crippen molar-refractivity contribution in [3.63, 3.8) is 0 Å². The van der Waals surface area contributed by atoms with Crippen LogP contribution in [0.2, 0.25) is 15.1 Å². The molecule has 4 rings (SSSR count). The van der Waals surface area contributed by atoms with Gasteiger partial charge in [-0.2, -0.15) is 0 Å². The van der Waals surface area contributed by atoms with Gasteiger partial charge in [0.05, 0.1) is 32.4 Å². The second-order valence-corrected chi connectivity index (χ2v) is 7.44. The number of aromatic nitrogens is 1. The zero-order valence-corrected chi connectivity index (χ0v) is 17.0. The second-order valence-electron chi connectivity index (χ2n) is 6.19. The highest BCUT2D eigenvalue weighted by molar-refractivity contribution is 6.39. The normalized spacial score (nSPS) is 11.4. The number of fused-ring (bicyclic) bond motifs is 1. The number of hydrogen-bond donors (Lipinski definition) is 1. The van der Waals surface area contributed by atoms with Gasteiger partial charge in [0, 0.05) is 10.4 Å². The molecule has 2 aromatic heterocycles. The molecular formula is C22H12Cl3NO3. The van der Waals surface area contributed by atoms with Crippen molar-refractivity contribution in [2.45, 2.75) is 0 Å². The van der Waals surface area contributed by atoms with Crippen LogP contribution < -0.4 is 0 Å². The summed E-state index contributed by atoms with van der Waals surface area (Å²) in [6, 6.07) is 15.2. The number of pyridine rings is 1. The van der Waals surface area contributed by atoms with Crippen LogP contribution in [0.1, 0.15) is 21.8 Å². The Kier molecular flexibility index (Phi) is 5.33. The van der Waals surface area contributed by atoms with Gasteiger partial charge in [0.2, 0.25) is 0 Å². The third-order valence-corrected chi connectivity index (χ3v) is 5.14. The molecule has 0 atom stereocenters. The molecule has 0 aliphatic carbocycles. The third kappa shape index (κ3) is 4.01. The summed E-state index contributed by atoms with van der Waals surface area (Å²) in [5.41, 5.74) is 1.76. The number of halogens is 3. The maximum Gasteiger partial charge on any atom is 0.336 e. The molecule has 1 N–H and O–H groups in total. The Labute approximate surface area is 181 Å². The average molecular weight is 445 g/mol. The van der Waals surface area contributed by atoms with E-state index in [1.807, 2.05) is 0 Å². The number of carbonyl (C=O) groups is 1. The van der Waals surface area contributed by atoms with Crippen LogP contribution in [-0.2, 0) is 0 Å². The lowest BCUT2D eigenvalue weighted by Crippen LogP contribution is -2.00. The van der Waals surface area contributed by atoms with Crippen molar-refractivity contribution in [1.82, 2.24) is 4.98 Å². The number of furan rings is 1. The van der Waals surface area contributed by atoms with Crippen LogP contribution in [0.5, 0.6) is 0 Å². The van der Waals surface area contributed by atoms with Gasteiger partial charge in [-0.3, -0.25) is 0 Å². The molecule has 4 aromatic rings. The summed E-state index contributed by atoms with van der Waals surface area (Å²) >= 11 is 18.4. The van der Waals surface area contributed by atoms with Crippen molar-refractivity contribution in [3.05, 3.63) is 86.7 Å². The molecule has 0 radical (unpaired) electrons. The molecule has 144 valence electrons. The predicted molar refractivity (Wildman–Crippen MR) is 117 cm³/mol. The van der Waals surface area contributed by atoms with Crippen molar-refractivity contribution in [3.8, 4) is 11.3 Å². The zero-order valence-electron chi connectivity index (χ0n) is 14.7. The van der Waals surface area contributed by atoms with E-state index in [1.54, 1.807) is 60.7 Å². The molecule has 2 aromatic carbocycles. The first-order valence-corrected chi connectivity index (χ1v) is 9.61. The maximum atomic E-state index is 11.6. The molecule has 0 aliphatic heterocycles. The SMILES string of the molecule is O=C(O)c1cc(C=Cc2ccc(-c3c(Cl)cccc3Cl)o2)nc2ccc(Cl)cc12. The summed E-state index contributed by atoms with van der Waals surface area (Å²) in [5.74, 6) is 0.0291. The molecule has 2 heterocycles. The smallest absolute Gasteiger partial charge is 0.336 e. The molecule has 0 bridgehead atoms. The average Bonchev–Trinajstić information content (AvgIpc) is 3.14. The largest absolute Gasteiger partial charge is 0.478 e. The lowest BCUT2D eigenvalue weighted by molar-refractivity contribution is 0.0699. The topological polar surface area (TPSA) is 63.3 Å². The van der Waals surface area contributed by atoms with E-state index in [4.69, 9.17) is 39.2 Å². The van der Waals surface area contributed by atoms with Crippen LogP contribution in [0.3, 0.4) is 0 Å². The number of carboxylic acid groups (broad SMARTS) is 1. The van der Waals surface area contributed by atoms with E-state index in [2.05, 4.69) is 4.98 Å². The van der Waals surface area contributed by atoms with Crippen LogP contribution in [0.4, 0.5) is 0 Å². The van der Waals surface area contributed by atoms with E-state index in [9.17, 15) is 9.90 Å². The summed E-state index contributed by atoms with van der Waals surface area (Å²) in [6.45, 7) is 0. The molecular weight excluding hydrogens is 433 g/mol. The number of carboxylic acids is 1. The van der Waals surface area contributed by atoms with Gasteiger partial charge in [-0.25, -0.2) is 9.78 Å². The quantitative estimate of drug-likeness (QED) is 0.358. The highest BCUT2D eigenvalue weighted by atomic mass is 35.5. The molecule has 4 nitrogen and oxygen atoms in total. The zero-order chi connectivity index (χ0) is 20.5. The Morgan fingerprint density at radius 2 is 1.72 bits per heavy atom. The van der Waals surface area contributed by atoms with Crippen LogP contribution in [0, 0.1) is 0 Å². The predicted octanol–water partition coefficient (Wildman–Crippen LogP) is 7.32. The molecule has 0 fully saturated rings. The van der Waals surface area contributed by atoms with Gasteiger partial charge in [0.25, 0.3) is 0 Å². The molecule has 0 saturated heterocycles. The van der Waals surface area contributed by atoms with Gasteiger partial charge < -0.3 is 9.52 Å². The Balaban J connectivity index is 1.70. The summed E-state index contributed by atoms with van der Waals surface area (Å²) in [6.07, 6.45) is 3.38. The van der Waals surface area contributed by atoms with Crippen molar-refractivity contribution in [1.29, 1.82) is 0 Å². The van der Waals surface area contributed by atoms with Gasteiger partial charge >= 0.3 is 5.97 Å². The Bertz CT molecular complexity index is 1260. The standard InChI is InChI=1S/C22H12Cl3NO3/c23-12-4-8-19-15(10-12)16(22(27)28)11-13(26-19)5-6-14-7-9-20(29-14)21-17(24)2-1-3-18(21)25/h1-11H,(H,27,28). The molecule has 0 saturated carbocycles. The van der Waals surface area contributed by atoms with E-state index in [0.29, 0.717) is 48.7 Å². The third-order valence-electron chi connectivity index (χ3n) is 4.28. The number of hydrogen-bond acceptors (Lipinski definition) is 3. The number of aromatic carboxylic acids is 1. The highest BCUT2D eigenvalue weighted by Gasteiger charge is 2.13. The summed E-state index contributed by atoms with van der Waals surface area (Å²) in [7, 11) is 0. The highest BCUT2D eigenvalue weighted by Crippen LogP contribution is 2.35. The van der Waals surface area contributed by atoms with Crippen LogP contribution >= 0.6 is 34.8 Å². The van der Waals surface area contributed by atoms with Gasteiger partial charge in [0.1, 0.15) is 11.5 Å². The molecule has 0 unspecified atom stereocenters. The fourth-order valence-electron chi connectivity index (χ4n) is 2.96. The fraction of sp³-hybridized carbons (Fsp3) is 0. The minimum Gasteiger partial charge on any atom is -0.478 e.